The Bertz CT molecular complexity index is 960. The predicted octanol–water partition coefficient (Wildman–Crippen LogP) is 3.63. The van der Waals surface area contributed by atoms with E-state index in [-0.39, 0.29) is 30.1 Å². The maximum Gasteiger partial charge on any atom is 0.242 e. The summed E-state index contributed by atoms with van der Waals surface area (Å²) < 4.78 is 1.95. The van der Waals surface area contributed by atoms with Gasteiger partial charge in [-0.2, -0.15) is 0 Å². The van der Waals surface area contributed by atoms with Crippen molar-refractivity contribution in [3.63, 3.8) is 0 Å². The van der Waals surface area contributed by atoms with E-state index in [0.717, 1.165) is 61.5 Å². The van der Waals surface area contributed by atoms with Gasteiger partial charge in [0.05, 0.1) is 5.60 Å². The highest BCUT2D eigenvalue weighted by Crippen LogP contribution is 2.44. The highest BCUT2D eigenvalue weighted by Gasteiger charge is 2.48. The number of carbonyl (C=O) groups excluding carboxylic acids is 2. The third-order valence-corrected chi connectivity index (χ3v) is 7.59. The monoisotopic (exact) mass is 394 g/mol. The third-order valence-electron chi connectivity index (χ3n) is 7.59. The van der Waals surface area contributed by atoms with Crippen molar-refractivity contribution in [1.82, 2.24) is 9.47 Å². The molecule has 2 unspecified atom stereocenters. The summed E-state index contributed by atoms with van der Waals surface area (Å²) in [5.41, 5.74) is 1.08. The lowest BCUT2D eigenvalue weighted by Gasteiger charge is -2.40. The number of carbonyl (C=O) groups is 2. The van der Waals surface area contributed by atoms with E-state index in [0.29, 0.717) is 12.5 Å². The van der Waals surface area contributed by atoms with Gasteiger partial charge in [0, 0.05) is 47.6 Å². The van der Waals surface area contributed by atoms with Crippen molar-refractivity contribution in [2.45, 2.75) is 57.6 Å². The molecule has 1 amide bonds. The molecular formula is C24H30N2O3. The first-order valence-electron chi connectivity index (χ1n) is 11.1. The van der Waals surface area contributed by atoms with E-state index in [1.165, 1.54) is 0 Å². The number of aromatic nitrogens is 1. The average molecular weight is 395 g/mol. The Kier molecular flexibility index (Phi) is 4.54. The van der Waals surface area contributed by atoms with Crippen LogP contribution in [0.1, 0.15) is 55.8 Å². The number of hydrogen-bond acceptors (Lipinski definition) is 3. The van der Waals surface area contributed by atoms with E-state index < -0.39 is 5.60 Å². The van der Waals surface area contributed by atoms with Crippen LogP contribution in [0.3, 0.4) is 0 Å². The molecule has 2 heterocycles. The van der Waals surface area contributed by atoms with Crippen LogP contribution in [-0.2, 0) is 11.3 Å². The molecule has 2 saturated carbocycles. The molecule has 5 rings (SSSR count). The minimum atomic E-state index is -0.623. The SMILES string of the molecule is CC[C@@]1(O)CCCC2CN(C(=O)Cn3cc(C(=O)C4CC4)c4ccccc43)CC21. The summed E-state index contributed by atoms with van der Waals surface area (Å²) in [7, 11) is 0. The lowest BCUT2D eigenvalue weighted by atomic mass is 9.69. The molecule has 3 atom stereocenters. The second-order valence-electron chi connectivity index (χ2n) is 9.34. The van der Waals surface area contributed by atoms with Crippen LogP contribution in [-0.4, -0.2) is 45.0 Å². The molecule has 2 aliphatic carbocycles. The molecule has 29 heavy (non-hydrogen) atoms. The number of ketones is 1. The van der Waals surface area contributed by atoms with E-state index in [4.69, 9.17) is 0 Å². The van der Waals surface area contributed by atoms with Crippen LogP contribution in [0.5, 0.6) is 0 Å². The molecule has 1 aromatic heterocycles. The second-order valence-corrected chi connectivity index (χ2v) is 9.34. The van der Waals surface area contributed by atoms with E-state index in [1.54, 1.807) is 0 Å². The molecular weight excluding hydrogens is 364 g/mol. The largest absolute Gasteiger partial charge is 0.390 e. The summed E-state index contributed by atoms with van der Waals surface area (Å²) in [5.74, 6) is 1.07. The number of hydrogen-bond donors (Lipinski definition) is 1. The van der Waals surface area contributed by atoms with E-state index >= 15 is 0 Å². The summed E-state index contributed by atoms with van der Waals surface area (Å²) in [6.07, 6.45) is 7.59. The Morgan fingerprint density at radius 3 is 2.72 bits per heavy atom. The van der Waals surface area contributed by atoms with Crippen molar-refractivity contribution in [2.75, 3.05) is 13.1 Å². The van der Waals surface area contributed by atoms with Gasteiger partial charge >= 0.3 is 0 Å². The molecule has 2 aromatic rings. The van der Waals surface area contributed by atoms with Crippen LogP contribution < -0.4 is 0 Å². The third kappa shape index (κ3) is 3.20. The fourth-order valence-corrected chi connectivity index (χ4v) is 5.66. The quantitative estimate of drug-likeness (QED) is 0.788. The molecule has 154 valence electrons. The van der Waals surface area contributed by atoms with Crippen molar-refractivity contribution in [2.24, 2.45) is 17.8 Å². The Labute approximate surface area is 171 Å². The summed E-state index contributed by atoms with van der Waals surface area (Å²) in [6.45, 7) is 3.71. The summed E-state index contributed by atoms with van der Waals surface area (Å²) in [4.78, 5) is 27.8. The van der Waals surface area contributed by atoms with Crippen LogP contribution in [0.25, 0.3) is 10.9 Å². The first-order chi connectivity index (χ1) is 14.0. The van der Waals surface area contributed by atoms with E-state index in [2.05, 4.69) is 6.92 Å². The predicted molar refractivity (Wildman–Crippen MR) is 112 cm³/mol. The first-order valence-corrected chi connectivity index (χ1v) is 11.1. The average Bonchev–Trinajstić information content (AvgIpc) is 3.38. The van der Waals surface area contributed by atoms with Gasteiger partial charge in [0.25, 0.3) is 0 Å². The lowest BCUT2D eigenvalue weighted by molar-refractivity contribution is -0.131. The molecule has 0 bridgehead atoms. The van der Waals surface area contributed by atoms with Gasteiger partial charge in [-0.15, -0.1) is 0 Å². The summed E-state index contributed by atoms with van der Waals surface area (Å²) in [6, 6.07) is 7.89. The van der Waals surface area contributed by atoms with Crippen molar-refractivity contribution in [3.8, 4) is 0 Å². The van der Waals surface area contributed by atoms with Gasteiger partial charge in [0.1, 0.15) is 6.54 Å². The first kappa shape index (κ1) is 18.9. The van der Waals surface area contributed by atoms with Gasteiger partial charge in [0.15, 0.2) is 5.78 Å². The van der Waals surface area contributed by atoms with E-state index in [9.17, 15) is 14.7 Å². The number of Topliss-reactive ketones (excluding diaryl/α,β-unsaturated/α-hetero) is 1. The zero-order valence-corrected chi connectivity index (χ0v) is 17.1. The number of likely N-dealkylation sites (tertiary alicyclic amines) is 1. The van der Waals surface area contributed by atoms with Gasteiger partial charge in [-0.05, 0) is 44.1 Å². The van der Waals surface area contributed by atoms with Crippen LogP contribution in [0.15, 0.2) is 30.5 Å². The number of aliphatic hydroxyl groups is 1. The fourth-order valence-electron chi connectivity index (χ4n) is 5.66. The number of amides is 1. The summed E-state index contributed by atoms with van der Waals surface area (Å²) >= 11 is 0. The second kappa shape index (κ2) is 6.98. The van der Waals surface area contributed by atoms with Crippen LogP contribution in [0.4, 0.5) is 0 Å². The molecule has 3 aliphatic rings. The molecule has 1 saturated heterocycles. The molecule has 0 spiro atoms. The molecule has 1 aliphatic heterocycles. The van der Waals surface area contributed by atoms with Crippen molar-refractivity contribution in [1.29, 1.82) is 0 Å². The van der Waals surface area contributed by atoms with Crippen LogP contribution >= 0.6 is 0 Å². The highest BCUT2D eigenvalue weighted by atomic mass is 16.3. The molecule has 5 nitrogen and oxygen atoms in total. The Morgan fingerprint density at radius 1 is 1.17 bits per heavy atom. The van der Waals surface area contributed by atoms with Gasteiger partial charge in [-0.1, -0.05) is 31.5 Å². The molecule has 0 radical (unpaired) electrons. The van der Waals surface area contributed by atoms with Crippen LogP contribution in [0.2, 0.25) is 0 Å². The lowest BCUT2D eigenvalue weighted by Crippen LogP contribution is -2.44. The zero-order chi connectivity index (χ0) is 20.2. The Morgan fingerprint density at radius 2 is 1.97 bits per heavy atom. The van der Waals surface area contributed by atoms with Gasteiger partial charge in [-0.25, -0.2) is 0 Å². The minimum absolute atomic E-state index is 0.0871. The number of rotatable bonds is 5. The topological polar surface area (TPSA) is 62.5 Å². The Balaban J connectivity index is 1.38. The number of benzene rings is 1. The highest BCUT2D eigenvalue weighted by molar-refractivity contribution is 6.10. The van der Waals surface area contributed by atoms with Crippen LogP contribution in [0, 0.1) is 17.8 Å². The molecule has 1 N–H and O–H groups in total. The number of fused-ring (bicyclic) bond motifs is 2. The fraction of sp³-hybridized carbons (Fsp3) is 0.583. The molecule has 3 fully saturated rings. The summed E-state index contributed by atoms with van der Waals surface area (Å²) in [5, 5.41) is 12.0. The number of para-hydroxylation sites is 1. The zero-order valence-electron chi connectivity index (χ0n) is 17.1. The standard InChI is InChI=1S/C24H30N2O3/c1-2-24(29)11-5-6-17-12-26(14-20(17)24)22(27)15-25-13-19(23(28)16-9-10-16)18-7-3-4-8-21(18)25/h3-4,7-8,13,16-17,20,29H,2,5-6,9-12,14-15H2,1H3/t17?,20?,24-/m1/s1. The van der Waals surface area contributed by atoms with E-state index in [1.807, 2.05) is 39.9 Å². The normalized spacial score (nSPS) is 29.2. The van der Waals surface area contributed by atoms with Gasteiger partial charge in [0.2, 0.25) is 5.91 Å². The van der Waals surface area contributed by atoms with Gasteiger partial charge in [-0.3, -0.25) is 9.59 Å². The van der Waals surface area contributed by atoms with Crippen molar-refractivity contribution in [3.05, 3.63) is 36.0 Å². The van der Waals surface area contributed by atoms with Crippen molar-refractivity contribution >= 4 is 22.6 Å². The molecule has 5 heteroatoms. The number of nitrogens with zero attached hydrogens (tertiary/aromatic N) is 2. The maximum absolute atomic E-state index is 13.2. The van der Waals surface area contributed by atoms with Crippen molar-refractivity contribution < 1.29 is 14.7 Å². The molecule has 1 aromatic carbocycles. The minimum Gasteiger partial charge on any atom is -0.390 e. The smallest absolute Gasteiger partial charge is 0.242 e. The Hall–Kier alpha value is -2.14. The van der Waals surface area contributed by atoms with Gasteiger partial charge < -0.3 is 14.6 Å². The maximum atomic E-state index is 13.2.